The van der Waals surface area contributed by atoms with Gasteiger partial charge in [0.05, 0.1) is 10.6 Å². The first kappa shape index (κ1) is 16.4. The summed E-state index contributed by atoms with van der Waals surface area (Å²) in [5.74, 6) is -0.186. The SMILES string of the molecule is O=C(CCS(=O)(=O)c1ccccc1)N1CCN2CCNCC2C1. The molecule has 6 nitrogen and oxygen atoms in total. The van der Waals surface area contributed by atoms with E-state index in [1.807, 2.05) is 4.90 Å². The first-order valence-electron chi connectivity index (χ1n) is 8.06. The molecule has 0 aliphatic carbocycles. The minimum atomic E-state index is -3.39. The third-order valence-corrected chi connectivity index (χ3v) is 6.33. The number of amides is 1. The minimum absolute atomic E-state index is 0.0530. The number of hydrogen-bond donors (Lipinski definition) is 1. The zero-order valence-corrected chi connectivity index (χ0v) is 14.0. The molecule has 1 unspecified atom stereocenters. The van der Waals surface area contributed by atoms with Gasteiger partial charge in [0, 0.05) is 51.7 Å². The van der Waals surface area contributed by atoms with Crippen LogP contribution in [-0.4, -0.2) is 75.2 Å². The maximum Gasteiger partial charge on any atom is 0.223 e. The fraction of sp³-hybridized carbons (Fsp3) is 0.562. The summed E-state index contributed by atoms with van der Waals surface area (Å²) in [6.45, 7) is 5.18. The van der Waals surface area contributed by atoms with E-state index in [1.165, 1.54) is 0 Å². The van der Waals surface area contributed by atoms with Gasteiger partial charge in [-0.1, -0.05) is 18.2 Å². The average Bonchev–Trinajstić information content (AvgIpc) is 2.60. The first-order chi connectivity index (χ1) is 11.1. The van der Waals surface area contributed by atoms with Crippen LogP contribution in [0.3, 0.4) is 0 Å². The lowest BCUT2D eigenvalue weighted by molar-refractivity contribution is -0.134. The summed E-state index contributed by atoms with van der Waals surface area (Å²) in [7, 11) is -3.39. The molecule has 1 atom stereocenters. The molecule has 2 heterocycles. The van der Waals surface area contributed by atoms with E-state index in [-0.39, 0.29) is 23.0 Å². The normalized spacial score (nSPS) is 22.6. The number of nitrogens with zero attached hydrogens (tertiary/aromatic N) is 2. The average molecular weight is 337 g/mol. The molecular formula is C16H23N3O3S. The van der Waals surface area contributed by atoms with Crippen molar-refractivity contribution < 1.29 is 13.2 Å². The van der Waals surface area contributed by atoms with Crippen molar-refractivity contribution in [1.82, 2.24) is 15.1 Å². The molecule has 0 spiro atoms. The number of carbonyl (C=O) groups is 1. The van der Waals surface area contributed by atoms with Gasteiger partial charge in [-0.15, -0.1) is 0 Å². The predicted octanol–water partition coefficient (Wildman–Crippen LogP) is -0.0336. The highest BCUT2D eigenvalue weighted by Gasteiger charge is 2.31. The molecule has 0 saturated carbocycles. The molecule has 1 N–H and O–H groups in total. The lowest BCUT2D eigenvalue weighted by Gasteiger charge is -2.44. The van der Waals surface area contributed by atoms with E-state index in [0.29, 0.717) is 19.1 Å². The van der Waals surface area contributed by atoms with Crippen LogP contribution < -0.4 is 5.32 Å². The second kappa shape index (κ2) is 6.98. The van der Waals surface area contributed by atoms with Gasteiger partial charge in [-0.25, -0.2) is 8.42 Å². The molecule has 0 radical (unpaired) electrons. The summed E-state index contributed by atoms with van der Waals surface area (Å²) in [5.41, 5.74) is 0. The molecule has 1 aromatic rings. The molecule has 3 rings (SSSR count). The number of rotatable bonds is 4. The molecule has 1 amide bonds. The number of hydrogen-bond acceptors (Lipinski definition) is 5. The quantitative estimate of drug-likeness (QED) is 0.835. The molecule has 2 saturated heterocycles. The van der Waals surface area contributed by atoms with E-state index in [4.69, 9.17) is 0 Å². The Hall–Kier alpha value is -1.44. The third kappa shape index (κ3) is 3.91. The van der Waals surface area contributed by atoms with Crippen LogP contribution in [0.2, 0.25) is 0 Å². The summed E-state index contributed by atoms with van der Waals surface area (Å²) < 4.78 is 24.5. The number of nitrogens with one attached hydrogen (secondary N) is 1. The van der Waals surface area contributed by atoms with Crippen LogP contribution in [0.1, 0.15) is 6.42 Å². The highest BCUT2D eigenvalue weighted by molar-refractivity contribution is 7.91. The summed E-state index contributed by atoms with van der Waals surface area (Å²) in [4.78, 5) is 16.9. The van der Waals surface area contributed by atoms with Crippen molar-refractivity contribution in [3.8, 4) is 0 Å². The molecule has 23 heavy (non-hydrogen) atoms. The van der Waals surface area contributed by atoms with Crippen LogP contribution in [0.15, 0.2) is 35.2 Å². The topological polar surface area (TPSA) is 69.7 Å². The summed E-state index contributed by atoms with van der Waals surface area (Å²) in [5, 5.41) is 3.35. The van der Waals surface area contributed by atoms with Crippen molar-refractivity contribution in [3.63, 3.8) is 0 Å². The summed E-state index contributed by atoms with van der Waals surface area (Å²) in [6, 6.07) is 8.68. The maximum absolute atomic E-state index is 12.4. The second-order valence-electron chi connectivity index (χ2n) is 6.12. The summed E-state index contributed by atoms with van der Waals surface area (Å²) in [6.07, 6.45) is 0.0530. The van der Waals surface area contributed by atoms with Gasteiger partial charge in [0.2, 0.25) is 5.91 Å². The third-order valence-electron chi connectivity index (χ3n) is 4.60. The summed E-state index contributed by atoms with van der Waals surface area (Å²) >= 11 is 0. The van der Waals surface area contributed by atoms with E-state index in [9.17, 15) is 13.2 Å². The molecule has 0 bridgehead atoms. The fourth-order valence-electron chi connectivity index (χ4n) is 3.22. The van der Waals surface area contributed by atoms with E-state index in [2.05, 4.69) is 10.2 Å². The Labute approximate surface area is 137 Å². The number of benzene rings is 1. The number of carbonyl (C=O) groups excluding carboxylic acids is 1. The molecule has 1 aromatic carbocycles. The Morgan fingerprint density at radius 1 is 1.17 bits per heavy atom. The van der Waals surface area contributed by atoms with Gasteiger partial charge in [0.1, 0.15) is 0 Å². The standard InChI is InChI=1S/C16H23N3O3S/c20-16(6-11-23(21,22)15-4-2-1-3-5-15)19-10-9-18-8-7-17-12-14(18)13-19/h1-5,14,17H,6-13H2. The van der Waals surface area contributed by atoms with Crippen molar-refractivity contribution >= 4 is 15.7 Å². The largest absolute Gasteiger partial charge is 0.340 e. The van der Waals surface area contributed by atoms with Gasteiger partial charge in [-0.2, -0.15) is 0 Å². The number of piperazine rings is 2. The monoisotopic (exact) mass is 337 g/mol. The number of fused-ring (bicyclic) bond motifs is 1. The van der Waals surface area contributed by atoms with E-state index in [1.54, 1.807) is 30.3 Å². The molecule has 7 heteroatoms. The van der Waals surface area contributed by atoms with E-state index < -0.39 is 9.84 Å². The van der Waals surface area contributed by atoms with E-state index in [0.717, 1.165) is 26.2 Å². The van der Waals surface area contributed by atoms with Crippen LogP contribution in [0.4, 0.5) is 0 Å². The van der Waals surface area contributed by atoms with Crippen molar-refractivity contribution in [2.45, 2.75) is 17.4 Å². The Morgan fingerprint density at radius 2 is 1.96 bits per heavy atom. The highest BCUT2D eigenvalue weighted by atomic mass is 32.2. The van der Waals surface area contributed by atoms with Gasteiger partial charge in [-0.3, -0.25) is 9.69 Å². The van der Waals surface area contributed by atoms with Gasteiger partial charge in [0.25, 0.3) is 0 Å². The lowest BCUT2D eigenvalue weighted by Crippen LogP contribution is -2.62. The Morgan fingerprint density at radius 3 is 2.74 bits per heavy atom. The van der Waals surface area contributed by atoms with Gasteiger partial charge in [0.15, 0.2) is 9.84 Å². The van der Waals surface area contributed by atoms with Crippen LogP contribution in [0, 0.1) is 0 Å². The zero-order chi connectivity index (χ0) is 16.3. The highest BCUT2D eigenvalue weighted by Crippen LogP contribution is 2.15. The Balaban J connectivity index is 1.55. The molecule has 2 aliphatic heterocycles. The fourth-order valence-corrected chi connectivity index (χ4v) is 4.48. The van der Waals surface area contributed by atoms with Crippen LogP contribution >= 0.6 is 0 Å². The number of sulfone groups is 1. The van der Waals surface area contributed by atoms with Crippen LogP contribution in [-0.2, 0) is 14.6 Å². The lowest BCUT2D eigenvalue weighted by atomic mass is 10.1. The minimum Gasteiger partial charge on any atom is -0.340 e. The van der Waals surface area contributed by atoms with Crippen LogP contribution in [0.25, 0.3) is 0 Å². The Kier molecular flexibility index (Phi) is 4.99. The molecule has 0 aromatic heterocycles. The van der Waals surface area contributed by atoms with Crippen LogP contribution in [0.5, 0.6) is 0 Å². The first-order valence-corrected chi connectivity index (χ1v) is 9.72. The maximum atomic E-state index is 12.4. The molecule has 2 aliphatic rings. The van der Waals surface area contributed by atoms with Crippen molar-refractivity contribution in [3.05, 3.63) is 30.3 Å². The molecule has 126 valence electrons. The van der Waals surface area contributed by atoms with Gasteiger partial charge >= 0.3 is 0 Å². The van der Waals surface area contributed by atoms with Crippen molar-refractivity contribution in [1.29, 1.82) is 0 Å². The molecular weight excluding hydrogens is 314 g/mol. The van der Waals surface area contributed by atoms with Gasteiger partial charge in [-0.05, 0) is 12.1 Å². The smallest absolute Gasteiger partial charge is 0.223 e. The Bertz CT molecular complexity index is 648. The molecule has 2 fully saturated rings. The van der Waals surface area contributed by atoms with Crippen molar-refractivity contribution in [2.75, 3.05) is 45.0 Å². The van der Waals surface area contributed by atoms with Gasteiger partial charge < -0.3 is 10.2 Å². The van der Waals surface area contributed by atoms with Crippen molar-refractivity contribution in [2.24, 2.45) is 0 Å². The second-order valence-corrected chi connectivity index (χ2v) is 8.22. The zero-order valence-electron chi connectivity index (χ0n) is 13.1. The van der Waals surface area contributed by atoms with E-state index >= 15 is 0 Å². The predicted molar refractivity (Wildman–Crippen MR) is 87.9 cm³/mol.